The molecule has 1 aliphatic rings. The summed E-state index contributed by atoms with van der Waals surface area (Å²) in [5.74, 6) is 0. The van der Waals surface area contributed by atoms with Crippen molar-refractivity contribution in [2.45, 2.75) is 51.0 Å². The molecule has 1 saturated heterocycles. The molecule has 1 aromatic carbocycles. The average Bonchev–Trinajstić information content (AvgIpc) is 2.34. The number of sulfonamides is 1. The van der Waals surface area contributed by atoms with Gasteiger partial charge in [0.05, 0.1) is 4.90 Å². The van der Waals surface area contributed by atoms with Gasteiger partial charge in [-0.1, -0.05) is 18.0 Å². The number of hydrogen-bond acceptors (Lipinski definition) is 2. The summed E-state index contributed by atoms with van der Waals surface area (Å²) >= 11 is 6.04. The van der Waals surface area contributed by atoms with E-state index in [1.54, 1.807) is 23.4 Å². The molecule has 2 rings (SSSR count). The maximum Gasteiger partial charge on any atom is 0.243 e. The summed E-state index contributed by atoms with van der Waals surface area (Å²) in [5, 5.41) is 0.614. The first kappa shape index (κ1) is 14.8. The van der Waals surface area contributed by atoms with Gasteiger partial charge in [-0.05, 0) is 56.9 Å². The Bertz CT molecular complexity index is 583. The zero-order valence-corrected chi connectivity index (χ0v) is 13.2. The highest BCUT2D eigenvalue weighted by Gasteiger charge is 2.32. The normalized spacial score (nSPS) is 21.6. The summed E-state index contributed by atoms with van der Waals surface area (Å²) < 4.78 is 27.2. The summed E-state index contributed by atoms with van der Waals surface area (Å²) in [7, 11) is -3.41. The molecule has 19 heavy (non-hydrogen) atoms. The Morgan fingerprint density at radius 2 is 1.89 bits per heavy atom. The standard InChI is InChI=1S/C14H20ClNO2S/c1-10-9-14(11(2)8-13(10)15)19(17,18)16-7-5-4-6-12(16)3/h8-9,12H,4-7H2,1-3H3/t12-/m0/s1. The van der Waals surface area contributed by atoms with Crippen molar-refractivity contribution in [1.82, 2.24) is 4.31 Å². The third kappa shape index (κ3) is 2.81. The molecule has 1 atom stereocenters. The molecule has 3 nitrogen and oxygen atoms in total. The minimum absolute atomic E-state index is 0.0779. The molecule has 1 aromatic rings. The van der Waals surface area contributed by atoms with Crippen LogP contribution in [0, 0.1) is 13.8 Å². The number of halogens is 1. The quantitative estimate of drug-likeness (QED) is 0.838. The van der Waals surface area contributed by atoms with Crippen molar-refractivity contribution in [2.24, 2.45) is 0 Å². The van der Waals surface area contributed by atoms with E-state index in [0.717, 1.165) is 24.8 Å². The van der Waals surface area contributed by atoms with Crippen LogP contribution in [-0.2, 0) is 10.0 Å². The molecule has 0 amide bonds. The monoisotopic (exact) mass is 301 g/mol. The molecular formula is C14H20ClNO2S. The number of piperidine rings is 1. The van der Waals surface area contributed by atoms with Crippen molar-refractivity contribution >= 4 is 21.6 Å². The molecule has 0 saturated carbocycles. The van der Waals surface area contributed by atoms with Gasteiger partial charge in [-0.2, -0.15) is 4.31 Å². The van der Waals surface area contributed by atoms with Gasteiger partial charge in [-0.3, -0.25) is 0 Å². The molecule has 0 spiro atoms. The topological polar surface area (TPSA) is 37.4 Å². The number of nitrogens with zero attached hydrogens (tertiary/aromatic N) is 1. The van der Waals surface area contributed by atoms with Crippen molar-refractivity contribution in [3.63, 3.8) is 0 Å². The lowest BCUT2D eigenvalue weighted by Gasteiger charge is -2.32. The molecule has 0 aromatic heterocycles. The van der Waals surface area contributed by atoms with Crippen LogP contribution in [-0.4, -0.2) is 25.3 Å². The van der Waals surface area contributed by atoms with Crippen LogP contribution in [0.1, 0.15) is 37.3 Å². The van der Waals surface area contributed by atoms with Gasteiger partial charge in [0.25, 0.3) is 0 Å². The highest BCUT2D eigenvalue weighted by Crippen LogP contribution is 2.29. The van der Waals surface area contributed by atoms with E-state index in [9.17, 15) is 8.42 Å². The molecule has 1 heterocycles. The van der Waals surface area contributed by atoms with Crippen molar-refractivity contribution in [3.8, 4) is 0 Å². The van der Waals surface area contributed by atoms with Gasteiger partial charge < -0.3 is 0 Å². The lowest BCUT2D eigenvalue weighted by molar-refractivity contribution is 0.268. The first-order valence-corrected chi connectivity index (χ1v) is 8.44. The second-order valence-corrected chi connectivity index (χ2v) is 7.59. The molecule has 0 aliphatic carbocycles. The van der Waals surface area contributed by atoms with Crippen LogP contribution in [0.2, 0.25) is 5.02 Å². The van der Waals surface area contributed by atoms with Gasteiger partial charge in [0, 0.05) is 17.6 Å². The molecular weight excluding hydrogens is 282 g/mol. The maximum atomic E-state index is 12.8. The molecule has 0 N–H and O–H groups in total. The van der Waals surface area contributed by atoms with Crippen molar-refractivity contribution in [2.75, 3.05) is 6.54 Å². The Morgan fingerprint density at radius 1 is 1.21 bits per heavy atom. The summed E-state index contributed by atoms with van der Waals surface area (Å²) in [6.45, 7) is 6.23. The van der Waals surface area contributed by atoms with Crippen molar-refractivity contribution in [3.05, 3.63) is 28.3 Å². The van der Waals surface area contributed by atoms with Crippen LogP contribution in [0.5, 0.6) is 0 Å². The number of benzene rings is 1. The number of aryl methyl sites for hydroxylation is 2. The van der Waals surface area contributed by atoms with E-state index in [1.807, 2.05) is 13.8 Å². The highest BCUT2D eigenvalue weighted by molar-refractivity contribution is 7.89. The lowest BCUT2D eigenvalue weighted by atomic mass is 10.1. The van der Waals surface area contributed by atoms with E-state index in [0.29, 0.717) is 22.0 Å². The van der Waals surface area contributed by atoms with Crippen LogP contribution < -0.4 is 0 Å². The fourth-order valence-electron chi connectivity index (χ4n) is 2.59. The van der Waals surface area contributed by atoms with E-state index >= 15 is 0 Å². The van der Waals surface area contributed by atoms with Crippen molar-refractivity contribution in [1.29, 1.82) is 0 Å². The average molecular weight is 302 g/mol. The molecule has 0 bridgehead atoms. The molecule has 1 fully saturated rings. The van der Waals surface area contributed by atoms with Crippen LogP contribution in [0.25, 0.3) is 0 Å². The highest BCUT2D eigenvalue weighted by atomic mass is 35.5. The van der Waals surface area contributed by atoms with E-state index in [4.69, 9.17) is 11.6 Å². The van der Waals surface area contributed by atoms with E-state index < -0.39 is 10.0 Å². The smallest absolute Gasteiger partial charge is 0.207 e. The van der Waals surface area contributed by atoms with Crippen molar-refractivity contribution < 1.29 is 8.42 Å². The van der Waals surface area contributed by atoms with E-state index in [2.05, 4.69) is 0 Å². The van der Waals surface area contributed by atoms with E-state index in [1.165, 1.54) is 0 Å². The van der Waals surface area contributed by atoms with Gasteiger partial charge in [0.1, 0.15) is 0 Å². The van der Waals surface area contributed by atoms with Crippen LogP contribution in [0.3, 0.4) is 0 Å². The molecule has 1 aliphatic heterocycles. The summed E-state index contributed by atoms with van der Waals surface area (Å²) in [6.07, 6.45) is 2.98. The minimum Gasteiger partial charge on any atom is -0.207 e. The van der Waals surface area contributed by atoms with Gasteiger partial charge in [-0.15, -0.1) is 0 Å². The zero-order chi connectivity index (χ0) is 14.2. The fraction of sp³-hybridized carbons (Fsp3) is 0.571. The van der Waals surface area contributed by atoms with Gasteiger partial charge in [-0.25, -0.2) is 8.42 Å². The van der Waals surface area contributed by atoms with Crippen LogP contribution >= 0.6 is 11.6 Å². The largest absolute Gasteiger partial charge is 0.243 e. The molecule has 0 radical (unpaired) electrons. The predicted molar refractivity (Wildman–Crippen MR) is 78.1 cm³/mol. The third-order valence-corrected chi connectivity index (χ3v) is 6.35. The molecule has 5 heteroatoms. The second kappa shape index (κ2) is 5.43. The molecule has 0 unspecified atom stereocenters. The first-order valence-electron chi connectivity index (χ1n) is 6.62. The first-order chi connectivity index (χ1) is 8.84. The summed E-state index contributed by atoms with van der Waals surface area (Å²) in [4.78, 5) is 0.392. The Labute approximate surface area is 120 Å². The third-order valence-electron chi connectivity index (χ3n) is 3.78. The Balaban J connectivity index is 2.47. The maximum absolute atomic E-state index is 12.8. The van der Waals surface area contributed by atoms with Gasteiger partial charge in [0.15, 0.2) is 0 Å². The summed E-state index contributed by atoms with van der Waals surface area (Å²) in [5.41, 5.74) is 1.52. The Kier molecular flexibility index (Phi) is 4.23. The molecule has 106 valence electrons. The van der Waals surface area contributed by atoms with E-state index in [-0.39, 0.29) is 6.04 Å². The predicted octanol–water partition coefficient (Wildman–Crippen LogP) is 3.52. The minimum atomic E-state index is -3.41. The van der Waals surface area contributed by atoms with Gasteiger partial charge >= 0.3 is 0 Å². The number of rotatable bonds is 2. The Hall–Kier alpha value is -0.580. The lowest BCUT2D eigenvalue weighted by Crippen LogP contribution is -2.42. The summed E-state index contributed by atoms with van der Waals surface area (Å²) in [6, 6.07) is 3.50. The second-order valence-electron chi connectivity index (χ2n) is 5.33. The Morgan fingerprint density at radius 3 is 2.53 bits per heavy atom. The van der Waals surface area contributed by atoms with Crippen LogP contribution in [0.4, 0.5) is 0 Å². The SMILES string of the molecule is Cc1cc(S(=O)(=O)N2CCCC[C@@H]2C)c(C)cc1Cl. The fourth-order valence-corrected chi connectivity index (χ4v) is 4.80. The zero-order valence-electron chi connectivity index (χ0n) is 11.6. The number of hydrogen-bond donors (Lipinski definition) is 0. The van der Waals surface area contributed by atoms with Crippen LogP contribution in [0.15, 0.2) is 17.0 Å². The van der Waals surface area contributed by atoms with Gasteiger partial charge in [0.2, 0.25) is 10.0 Å².